The largest absolute Gasteiger partial charge is 0.501 e. The maximum Gasteiger partial charge on any atom is 0.501 e. The minimum Gasteiger partial charge on any atom is -0.493 e. The number of aromatic hydroxyl groups is 1. The normalized spacial score (nSPS) is 16.4. The quantitative estimate of drug-likeness (QED) is 0.790. The predicted octanol–water partition coefficient (Wildman–Crippen LogP) is 1.95. The molecule has 154 valence electrons. The zero-order chi connectivity index (χ0) is 20.7. The van der Waals surface area contributed by atoms with E-state index in [0.29, 0.717) is 12.2 Å². The van der Waals surface area contributed by atoms with E-state index >= 15 is 0 Å². The van der Waals surface area contributed by atoms with E-state index in [4.69, 9.17) is 0 Å². The van der Waals surface area contributed by atoms with Crippen LogP contribution in [0.1, 0.15) is 18.5 Å². The van der Waals surface area contributed by atoms with Crippen LogP contribution in [0.2, 0.25) is 0 Å². The Hall–Kier alpha value is -2.27. The van der Waals surface area contributed by atoms with Crippen LogP contribution in [0.4, 0.5) is 13.2 Å². The molecule has 7 nitrogen and oxygen atoms in total. The lowest BCUT2D eigenvalue weighted by Gasteiger charge is -2.22. The van der Waals surface area contributed by atoms with Crippen molar-refractivity contribution in [3.63, 3.8) is 0 Å². The second kappa shape index (κ2) is 7.28. The van der Waals surface area contributed by atoms with Crippen LogP contribution in [-0.2, 0) is 16.4 Å². The standard InChI is InChI=1S/C17H20F3N3O4S/c1-11-15(24)23(16(25)22(11)10-12-6-8-21-9-7-12)13-2-4-14(5-3-13)28(26,27)17(18,19)20/h2-5,12,21,24H,6-10H2,1H3. The molecule has 1 aromatic carbocycles. The van der Waals surface area contributed by atoms with Crippen LogP contribution in [0.25, 0.3) is 5.69 Å². The Kier molecular flexibility index (Phi) is 5.32. The van der Waals surface area contributed by atoms with Crippen molar-refractivity contribution in [1.82, 2.24) is 14.5 Å². The van der Waals surface area contributed by atoms with Crippen LogP contribution in [0, 0.1) is 12.8 Å². The molecule has 2 heterocycles. The Labute approximate surface area is 159 Å². The molecular formula is C17H20F3N3O4S. The number of piperidine rings is 1. The highest BCUT2D eigenvalue weighted by Gasteiger charge is 2.46. The van der Waals surface area contributed by atoms with Gasteiger partial charge in [-0.3, -0.25) is 4.57 Å². The number of hydrogen-bond donors (Lipinski definition) is 2. The number of rotatable bonds is 4. The molecule has 0 saturated carbocycles. The number of imidazole rings is 1. The summed E-state index contributed by atoms with van der Waals surface area (Å²) in [6, 6.07) is 3.66. The first-order valence-electron chi connectivity index (χ1n) is 8.67. The van der Waals surface area contributed by atoms with E-state index in [1.54, 1.807) is 6.92 Å². The van der Waals surface area contributed by atoms with Gasteiger partial charge in [0, 0.05) is 6.54 Å². The van der Waals surface area contributed by atoms with Crippen LogP contribution in [0.15, 0.2) is 34.0 Å². The number of halogens is 3. The van der Waals surface area contributed by atoms with Crippen molar-refractivity contribution in [3.8, 4) is 11.6 Å². The molecular weight excluding hydrogens is 399 g/mol. The highest BCUT2D eigenvalue weighted by molar-refractivity contribution is 7.92. The first-order chi connectivity index (χ1) is 13.0. The third-order valence-corrected chi connectivity index (χ3v) is 6.47. The number of nitrogens with one attached hydrogen (secondary N) is 1. The van der Waals surface area contributed by atoms with E-state index in [-0.39, 0.29) is 17.5 Å². The van der Waals surface area contributed by atoms with Crippen molar-refractivity contribution in [1.29, 1.82) is 0 Å². The van der Waals surface area contributed by atoms with Crippen molar-refractivity contribution >= 4 is 9.84 Å². The number of sulfone groups is 1. The molecule has 1 fully saturated rings. The van der Waals surface area contributed by atoms with Gasteiger partial charge in [0.15, 0.2) is 0 Å². The molecule has 0 bridgehead atoms. The third-order valence-electron chi connectivity index (χ3n) is 4.97. The molecule has 11 heteroatoms. The minimum absolute atomic E-state index is 0.0794. The Morgan fingerprint density at radius 3 is 2.29 bits per heavy atom. The molecule has 2 N–H and O–H groups in total. The van der Waals surface area contributed by atoms with E-state index in [1.165, 1.54) is 4.57 Å². The third kappa shape index (κ3) is 3.55. The molecule has 1 saturated heterocycles. The fourth-order valence-corrected chi connectivity index (χ4v) is 4.08. The topological polar surface area (TPSA) is 93.3 Å². The Morgan fingerprint density at radius 1 is 1.18 bits per heavy atom. The first-order valence-corrected chi connectivity index (χ1v) is 10.2. The summed E-state index contributed by atoms with van der Waals surface area (Å²) < 4.78 is 63.3. The Bertz CT molecular complexity index is 1020. The minimum atomic E-state index is -5.48. The Morgan fingerprint density at radius 2 is 1.75 bits per heavy atom. The number of alkyl halides is 3. The van der Waals surface area contributed by atoms with Gasteiger partial charge >= 0.3 is 11.2 Å². The van der Waals surface area contributed by atoms with Crippen LogP contribution in [0.3, 0.4) is 0 Å². The smallest absolute Gasteiger partial charge is 0.493 e. The van der Waals surface area contributed by atoms with E-state index in [9.17, 15) is 31.5 Å². The summed E-state index contributed by atoms with van der Waals surface area (Å²) in [5.41, 5.74) is -5.52. The van der Waals surface area contributed by atoms with Gasteiger partial charge < -0.3 is 10.4 Å². The highest BCUT2D eigenvalue weighted by atomic mass is 32.2. The lowest BCUT2D eigenvalue weighted by molar-refractivity contribution is -0.0436. The second-order valence-corrected chi connectivity index (χ2v) is 8.72. The lowest BCUT2D eigenvalue weighted by atomic mass is 9.98. The van der Waals surface area contributed by atoms with E-state index in [2.05, 4.69) is 5.32 Å². The van der Waals surface area contributed by atoms with Crippen molar-refractivity contribution in [3.05, 3.63) is 40.4 Å². The second-order valence-electron chi connectivity index (χ2n) is 6.77. The summed E-state index contributed by atoms with van der Waals surface area (Å²) >= 11 is 0. The number of benzene rings is 1. The summed E-state index contributed by atoms with van der Waals surface area (Å²) in [5.74, 6) is -0.0578. The van der Waals surface area contributed by atoms with Gasteiger partial charge in [0.05, 0.1) is 16.3 Å². The van der Waals surface area contributed by atoms with Crippen molar-refractivity contribution < 1.29 is 26.7 Å². The van der Waals surface area contributed by atoms with Gasteiger partial charge in [0.1, 0.15) is 0 Å². The maximum atomic E-state index is 12.8. The average Bonchev–Trinajstić information content (AvgIpc) is 2.85. The molecule has 0 spiro atoms. The molecule has 0 unspecified atom stereocenters. The van der Waals surface area contributed by atoms with Crippen molar-refractivity contribution in [2.24, 2.45) is 5.92 Å². The van der Waals surface area contributed by atoms with Crippen LogP contribution in [0.5, 0.6) is 5.88 Å². The average molecular weight is 419 g/mol. The van der Waals surface area contributed by atoms with Crippen LogP contribution in [-0.4, -0.2) is 41.3 Å². The van der Waals surface area contributed by atoms with Gasteiger partial charge in [-0.2, -0.15) is 13.2 Å². The van der Waals surface area contributed by atoms with Crippen molar-refractivity contribution in [2.45, 2.75) is 36.7 Å². The summed E-state index contributed by atoms with van der Waals surface area (Å²) in [4.78, 5) is 11.8. The number of nitrogens with zero attached hydrogens (tertiary/aromatic N) is 2. The lowest BCUT2D eigenvalue weighted by Crippen LogP contribution is -2.33. The molecule has 1 aliphatic heterocycles. The molecule has 2 aromatic rings. The maximum absolute atomic E-state index is 12.8. The van der Waals surface area contributed by atoms with Crippen molar-refractivity contribution in [2.75, 3.05) is 13.1 Å². The highest BCUT2D eigenvalue weighted by Crippen LogP contribution is 2.31. The van der Waals surface area contributed by atoms with E-state index < -0.39 is 25.9 Å². The van der Waals surface area contributed by atoms with E-state index in [1.807, 2.05) is 0 Å². The number of hydrogen-bond acceptors (Lipinski definition) is 5. The fourth-order valence-electron chi connectivity index (χ4n) is 3.32. The molecule has 1 aromatic heterocycles. The molecule has 0 aliphatic carbocycles. The zero-order valence-electron chi connectivity index (χ0n) is 15.0. The molecule has 3 rings (SSSR count). The molecule has 1 aliphatic rings. The summed E-state index contributed by atoms with van der Waals surface area (Å²) in [6.07, 6.45) is 1.78. The van der Waals surface area contributed by atoms with E-state index in [0.717, 1.165) is 54.8 Å². The monoisotopic (exact) mass is 419 g/mol. The van der Waals surface area contributed by atoms with Gasteiger partial charge in [-0.05, 0) is 63.0 Å². The summed E-state index contributed by atoms with van der Waals surface area (Å²) in [5, 5.41) is 13.6. The molecule has 0 radical (unpaired) electrons. The van der Waals surface area contributed by atoms with Gasteiger partial charge in [0.2, 0.25) is 5.88 Å². The molecule has 0 atom stereocenters. The van der Waals surface area contributed by atoms with Gasteiger partial charge in [-0.25, -0.2) is 17.8 Å². The van der Waals surface area contributed by atoms with Crippen LogP contribution >= 0.6 is 0 Å². The Balaban J connectivity index is 1.96. The molecule has 28 heavy (non-hydrogen) atoms. The summed E-state index contributed by atoms with van der Waals surface area (Å²) in [6.45, 7) is 3.70. The number of aromatic nitrogens is 2. The van der Waals surface area contributed by atoms with Gasteiger partial charge in [-0.1, -0.05) is 0 Å². The summed E-state index contributed by atoms with van der Waals surface area (Å²) in [7, 11) is -5.48. The van der Waals surface area contributed by atoms with Gasteiger partial charge in [-0.15, -0.1) is 0 Å². The predicted molar refractivity (Wildman–Crippen MR) is 95.3 cm³/mol. The molecule has 0 amide bonds. The first kappa shape index (κ1) is 20.5. The van der Waals surface area contributed by atoms with Gasteiger partial charge in [0.25, 0.3) is 9.84 Å². The fraction of sp³-hybridized carbons (Fsp3) is 0.471. The van der Waals surface area contributed by atoms with Crippen LogP contribution < -0.4 is 11.0 Å². The SMILES string of the molecule is Cc1c(O)n(-c2ccc(S(=O)(=O)C(F)(F)F)cc2)c(=O)n1CC1CCNCC1. The zero-order valence-corrected chi connectivity index (χ0v) is 15.8.